The van der Waals surface area contributed by atoms with Crippen molar-refractivity contribution < 1.29 is 4.79 Å². The fourth-order valence-corrected chi connectivity index (χ4v) is 3.83. The van der Waals surface area contributed by atoms with Gasteiger partial charge < -0.3 is 10.2 Å². The quantitative estimate of drug-likeness (QED) is 0.567. The molecule has 0 saturated carbocycles. The van der Waals surface area contributed by atoms with Crippen molar-refractivity contribution in [3.05, 3.63) is 77.6 Å². The molecule has 0 radical (unpaired) electrons. The van der Waals surface area contributed by atoms with E-state index in [2.05, 4.69) is 15.4 Å². The highest BCUT2D eigenvalue weighted by atomic mass is 32.1. The van der Waals surface area contributed by atoms with Gasteiger partial charge in [-0.1, -0.05) is 24.3 Å². The van der Waals surface area contributed by atoms with Crippen LogP contribution in [0, 0.1) is 0 Å². The predicted molar refractivity (Wildman–Crippen MR) is 108 cm³/mol. The number of thiazole rings is 1. The van der Waals surface area contributed by atoms with E-state index in [-0.39, 0.29) is 6.03 Å². The van der Waals surface area contributed by atoms with E-state index in [9.17, 15) is 4.79 Å². The normalized spacial score (nSPS) is 10.9. The molecule has 2 amide bonds. The molecule has 0 atom stereocenters. The van der Waals surface area contributed by atoms with Crippen LogP contribution >= 0.6 is 11.3 Å². The van der Waals surface area contributed by atoms with Crippen molar-refractivity contribution >= 4 is 33.3 Å². The van der Waals surface area contributed by atoms with Crippen LogP contribution in [0.25, 0.3) is 10.2 Å². The van der Waals surface area contributed by atoms with Crippen molar-refractivity contribution in [1.29, 1.82) is 0 Å². The van der Waals surface area contributed by atoms with E-state index in [1.54, 1.807) is 29.5 Å². The molecule has 136 valence electrons. The molecule has 0 aliphatic heterocycles. The number of aromatic nitrogens is 3. The minimum absolute atomic E-state index is 0.162. The van der Waals surface area contributed by atoms with Crippen LogP contribution in [-0.2, 0) is 13.1 Å². The van der Waals surface area contributed by atoms with Crippen molar-refractivity contribution in [2.45, 2.75) is 13.1 Å². The number of carbonyl (C=O) groups is 1. The van der Waals surface area contributed by atoms with E-state index >= 15 is 0 Å². The summed E-state index contributed by atoms with van der Waals surface area (Å²) in [5.74, 6) is 0. The average Bonchev–Trinajstić information content (AvgIpc) is 3.30. The van der Waals surface area contributed by atoms with Crippen LogP contribution in [0.4, 0.5) is 10.5 Å². The van der Waals surface area contributed by atoms with Crippen molar-refractivity contribution in [2.75, 3.05) is 12.4 Å². The maximum Gasteiger partial charge on any atom is 0.321 e. The Labute approximate surface area is 161 Å². The van der Waals surface area contributed by atoms with Crippen LogP contribution in [0.15, 0.2) is 67.0 Å². The summed E-state index contributed by atoms with van der Waals surface area (Å²) < 4.78 is 2.98. The molecule has 0 fully saturated rings. The summed E-state index contributed by atoms with van der Waals surface area (Å²) >= 11 is 1.61. The van der Waals surface area contributed by atoms with Crippen LogP contribution in [-0.4, -0.2) is 32.7 Å². The third-order valence-corrected chi connectivity index (χ3v) is 5.16. The molecule has 0 bridgehead atoms. The van der Waals surface area contributed by atoms with Gasteiger partial charge in [0.2, 0.25) is 0 Å². The third-order valence-electron chi connectivity index (χ3n) is 4.14. The van der Waals surface area contributed by atoms with E-state index in [4.69, 9.17) is 0 Å². The Hall–Kier alpha value is -3.19. The molecule has 1 N–H and O–H groups in total. The summed E-state index contributed by atoms with van der Waals surface area (Å²) in [6.07, 6.45) is 3.67. The largest absolute Gasteiger partial charge is 0.321 e. The number of para-hydroxylation sites is 1. The first-order valence-electron chi connectivity index (χ1n) is 8.60. The minimum Gasteiger partial charge on any atom is -0.321 e. The van der Waals surface area contributed by atoms with Gasteiger partial charge in [-0.05, 0) is 35.9 Å². The van der Waals surface area contributed by atoms with Crippen LogP contribution < -0.4 is 5.32 Å². The lowest BCUT2D eigenvalue weighted by Gasteiger charge is -2.17. The molecule has 2 aromatic heterocycles. The van der Waals surface area contributed by atoms with Gasteiger partial charge >= 0.3 is 6.03 Å². The van der Waals surface area contributed by atoms with Gasteiger partial charge in [-0.3, -0.25) is 4.68 Å². The number of urea groups is 1. The topological polar surface area (TPSA) is 63.1 Å². The highest BCUT2D eigenvalue weighted by Crippen LogP contribution is 2.22. The molecule has 0 aliphatic carbocycles. The molecule has 2 aromatic carbocycles. The van der Waals surface area contributed by atoms with Crippen molar-refractivity contribution in [3.8, 4) is 0 Å². The molecule has 4 rings (SSSR count). The Morgan fingerprint density at radius 3 is 2.89 bits per heavy atom. The van der Waals surface area contributed by atoms with Crippen LogP contribution in [0.1, 0.15) is 10.6 Å². The SMILES string of the molecule is CN(Cc1nc2ccccc2s1)C(=O)Nc1cccc(Cn2cccn2)c1. The molecule has 0 spiro atoms. The van der Waals surface area contributed by atoms with Gasteiger partial charge in [0, 0.05) is 25.1 Å². The van der Waals surface area contributed by atoms with Crippen LogP contribution in [0.3, 0.4) is 0 Å². The summed E-state index contributed by atoms with van der Waals surface area (Å²) in [6, 6.07) is 17.5. The molecule has 4 aromatic rings. The number of benzene rings is 2. The first-order chi connectivity index (χ1) is 13.2. The zero-order valence-corrected chi connectivity index (χ0v) is 15.7. The summed E-state index contributed by atoms with van der Waals surface area (Å²) in [5, 5.41) is 8.08. The minimum atomic E-state index is -0.162. The van der Waals surface area contributed by atoms with E-state index in [1.165, 1.54) is 0 Å². The lowest BCUT2D eigenvalue weighted by atomic mass is 10.2. The second-order valence-corrected chi connectivity index (χ2v) is 7.38. The Kier molecular flexibility index (Phi) is 4.84. The Morgan fingerprint density at radius 1 is 1.19 bits per heavy atom. The van der Waals surface area contributed by atoms with Crippen molar-refractivity contribution in [1.82, 2.24) is 19.7 Å². The van der Waals surface area contributed by atoms with Gasteiger partial charge in [-0.15, -0.1) is 11.3 Å². The molecule has 2 heterocycles. The van der Waals surface area contributed by atoms with Crippen LogP contribution in [0.2, 0.25) is 0 Å². The average molecular weight is 377 g/mol. The van der Waals surface area contributed by atoms with Gasteiger partial charge in [0.25, 0.3) is 0 Å². The first-order valence-corrected chi connectivity index (χ1v) is 9.42. The Morgan fingerprint density at radius 2 is 2.07 bits per heavy atom. The number of rotatable bonds is 5. The number of carbonyl (C=O) groups excluding carboxylic acids is 1. The summed E-state index contributed by atoms with van der Waals surface area (Å²) in [7, 11) is 1.77. The summed E-state index contributed by atoms with van der Waals surface area (Å²) in [5.41, 5.74) is 2.81. The van der Waals surface area contributed by atoms with Crippen LogP contribution in [0.5, 0.6) is 0 Å². The van der Waals surface area contributed by atoms with E-state index < -0.39 is 0 Å². The molecule has 7 heteroatoms. The molecule has 6 nitrogen and oxygen atoms in total. The van der Waals surface area contributed by atoms with Gasteiger partial charge in [0.15, 0.2) is 0 Å². The number of hydrogen-bond donors (Lipinski definition) is 1. The molecule has 0 unspecified atom stereocenters. The lowest BCUT2D eigenvalue weighted by molar-refractivity contribution is 0.220. The lowest BCUT2D eigenvalue weighted by Crippen LogP contribution is -2.30. The number of nitrogens with zero attached hydrogens (tertiary/aromatic N) is 4. The number of nitrogens with one attached hydrogen (secondary N) is 1. The molecular weight excluding hydrogens is 358 g/mol. The maximum absolute atomic E-state index is 12.5. The Bertz CT molecular complexity index is 1020. The van der Waals surface area contributed by atoms with Gasteiger partial charge in [-0.2, -0.15) is 5.10 Å². The number of fused-ring (bicyclic) bond motifs is 1. The number of amides is 2. The molecule has 0 saturated heterocycles. The highest BCUT2D eigenvalue weighted by molar-refractivity contribution is 7.18. The zero-order chi connectivity index (χ0) is 18.6. The maximum atomic E-state index is 12.5. The summed E-state index contributed by atoms with van der Waals surface area (Å²) in [6.45, 7) is 1.14. The number of anilines is 1. The molecule has 27 heavy (non-hydrogen) atoms. The van der Waals surface area contributed by atoms with Gasteiger partial charge in [-0.25, -0.2) is 9.78 Å². The zero-order valence-electron chi connectivity index (χ0n) is 14.9. The predicted octanol–water partition coefficient (Wildman–Crippen LogP) is 4.21. The summed E-state index contributed by atoms with van der Waals surface area (Å²) in [4.78, 5) is 18.8. The highest BCUT2D eigenvalue weighted by Gasteiger charge is 2.12. The molecular formula is C20H19N5OS. The van der Waals surface area contributed by atoms with E-state index in [1.807, 2.05) is 65.5 Å². The second kappa shape index (κ2) is 7.59. The van der Waals surface area contributed by atoms with Crippen molar-refractivity contribution in [3.63, 3.8) is 0 Å². The second-order valence-electron chi connectivity index (χ2n) is 6.27. The Balaban J connectivity index is 1.40. The van der Waals surface area contributed by atoms with E-state index in [0.29, 0.717) is 13.1 Å². The van der Waals surface area contributed by atoms with Gasteiger partial charge in [0.05, 0.1) is 23.3 Å². The van der Waals surface area contributed by atoms with Crippen molar-refractivity contribution in [2.24, 2.45) is 0 Å². The fourth-order valence-electron chi connectivity index (χ4n) is 2.81. The standard InChI is InChI=1S/C20H19N5OS/c1-24(14-19-23-17-8-2-3-9-18(17)27-19)20(26)22-16-7-4-6-15(12-16)13-25-11-5-10-21-25/h2-12H,13-14H2,1H3,(H,22,26). The monoisotopic (exact) mass is 377 g/mol. The van der Waals surface area contributed by atoms with E-state index in [0.717, 1.165) is 26.5 Å². The fraction of sp³-hybridized carbons (Fsp3) is 0.150. The third kappa shape index (κ3) is 4.15. The van der Waals surface area contributed by atoms with Gasteiger partial charge in [0.1, 0.15) is 5.01 Å². The number of hydrogen-bond acceptors (Lipinski definition) is 4. The molecule has 0 aliphatic rings. The smallest absolute Gasteiger partial charge is 0.321 e. The first kappa shape index (κ1) is 17.2.